The van der Waals surface area contributed by atoms with Crippen molar-refractivity contribution in [3.8, 4) is 0 Å². The summed E-state index contributed by atoms with van der Waals surface area (Å²) in [5.41, 5.74) is 8.26. The van der Waals surface area contributed by atoms with Crippen LogP contribution in [0.2, 0.25) is 0 Å². The van der Waals surface area contributed by atoms with Gasteiger partial charge < -0.3 is 11.1 Å². The Morgan fingerprint density at radius 3 is 2.91 bits per heavy atom. The molecule has 0 fully saturated rings. The number of benzene rings is 2. The maximum absolute atomic E-state index is 12.3. The third kappa shape index (κ3) is 2.02. The third-order valence-corrected chi connectivity index (χ3v) is 4.18. The maximum atomic E-state index is 12.3. The maximum Gasteiger partial charge on any atom is 0.349 e. The summed E-state index contributed by atoms with van der Waals surface area (Å²) in [6.07, 6.45) is 0. The second-order valence-corrected chi connectivity index (χ2v) is 5.62. The van der Waals surface area contributed by atoms with Crippen LogP contribution in [0.4, 0.5) is 11.5 Å². The zero-order valence-electron chi connectivity index (χ0n) is 12.0. The zero-order chi connectivity index (χ0) is 15.1. The predicted molar refractivity (Wildman–Crippen MR) is 88.1 cm³/mol. The molecule has 1 aliphatic rings. The number of para-hydroxylation sites is 1. The molecule has 0 unspecified atom stereocenters. The second kappa shape index (κ2) is 4.87. The Morgan fingerprint density at radius 1 is 1.18 bits per heavy atom. The minimum Gasteiger partial charge on any atom is -0.399 e. The molecule has 0 saturated heterocycles. The Morgan fingerprint density at radius 2 is 2.05 bits per heavy atom. The van der Waals surface area contributed by atoms with Gasteiger partial charge in [-0.05, 0) is 29.8 Å². The molecule has 22 heavy (non-hydrogen) atoms. The molecule has 1 aliphatic heterocycles. The summed E-state index contributed by atoms with van der Waals surface area (Å²) in [6, 6.07) is 15.5. The van der Waals surface area contributed by atoms with Gasteiger partial charge in [0.25, 0.3) is 0 Å². The van der Waals surface area contributed by atoms with Crippen LogP contribution in [0, 0.1) is 0 Å². The van der Waals surface area contributed by atoms with Crippen molar-refractivity contribution >= 4 is 22.4 Å². The highest BCUT2D eigenvalue weighted by atomic mass is 16.1. The average Bonchev–Trinajstić information content (AvgIpc) is 2.55. The van der Waals surface area contributed by atoms with E-state index in [2.05, 4.69) is 10.3 Å². The first-order chi connectivity index (χ1) is 10.7. The fourth-order valence-corrected chi connectivity index (χ4v) is 3.08. The van der Waals surface area contributed by atoms with E-state index in [0.29, 0.717) is 6.54 Å². The first kappa shape index (κ1) is 12.9. The number of nitrogen functional groups attached to an aromatic ring is 1. The lowest BCUT2D eigenvalue weighted by molar-refractivity contribution is 0.530. The smallest absolute Gasteiger partial charge is 0.349 e. The highest BCUT2D eigenvalue weighted by Gasteiger charge is 2.22. The molecule has 1 aromatic heterocycles. The fourth-order valence-electron chi connectivity index (χ4n) is 3.08. The van der Waals surface area contributed by atoms with Gasteiger partial charge in [-0.1, -0.05) is 24.3 Å². The molecule has 2 heterocycles. The van der Waals surface area contributed by atoms with E-state index in [1.807, 2.05) is 48.5 Å². The van der Waals surface area contributed by atoms with Gasteiger partial charge in [0.05, 0.1) is 5.52 Å². The van der Waals surface area contributed by atoms with Gasteiger partial charge in [-0.3, -0.25) is 4.57 Å². The molecule has 0 aliphatic carbocycles. The summed E-state index contributed by atoms with van der Waals surface area (Å²) in [4.78, 5) is 16.5. The van der Waals surface area contributed by atoms with Crippen LogP contribution >= 0.6 is 0 Å². The van der Waals surface area contributed by atoms with Gasteiger partial charge in [-0.2, -0.15) is 4.98 Å². The van der Waals surface area contributed by atoms with Crippen molar-refractivity contribution in [2.24, 2.45) is 0 Å². The Kier molecular flexibility index (Phi) is 2.85. The van der Waals surface area contributed by atoms with Gasteiger partial charge in [0, 0.05) is 30.1 Å². The predicted octanol–water partition coefficient (Wildman–Crippen LogP) is 2.19. The van der Waals surface area contributed by atoms with Crippen LogP contribution in [0.3, 0.4) is 0 Å². The Balaban J connectivity index is 1.81. The molecule has 5 heteroatoms. The topological polar surface area (TPSA) is 72.9 Å². The van der Waals surface area contributed by atoms with Crippen molar-refractivity contribution in [2.45, 2.75) is 12.5 Å². The van der Waals surface area contributed by atoms with Crippen molar-refractivity contribution in [3.05, 3.63) is 64.6 Å². The fraction of sp³-hybridized carbons (Fsp3) is 0.176. The van der Waals surface area contributed by atoms with Gasteiger partial charge >= 0.3 is 5.69 Å². The number of nitrogens with one attached hydrogen (secondary N) is 1. The largest absolute Gasteiger partial charge is 0.399 e. The molecule has 0 saturated carbocycles. The quantitative estimate of drug-likeness (QED) is 0.674. The van der Waals surface area contributed by atoms with Crippen LogP contribution in [0.1, 0.15) is 11.5 Å². The summed E-state index contributed by atoms with van der Waals surface area (Å²) >= 11 is 0. The van der Waals surface area contributed by atoms with Gasteiger partial charge in [0.15, 0.2) is 0 Å². The summed E-state index contributed by atoms with van der Waals surface area (Å²) in [6.45, 7) is 1.39. The van der Waals surface area contributed by atoms with Crippen LogP contribution in [-0.2, 0) is 6.54 Å². The summed E-state index contributed by atoms with van der Waals surface area (Å²) < 4.78 is 1.72. The Bertz CT molecular complexity index is 916. The number of anilines is 2. The van der Waals surface area contributed by atoms with Crippen LogP contribution < -0.4 is 16.7 Å². The highest BCUT2D eigenvalue weighted by molar-refractivity contribution is 5.89. The van der Waals surface area contributed by atoms with E-state index in [9.17, 15) is 4.79 Å². The molecule has 3 N–H and O–H groups in total. The van der Waals surface area contributed by atoms with Crippen molar-refractivity contribution in [1.29, 1.82) is 0 Å². The van der Waals surface area contributed by atoms with E-state index in [-0.39, 0.29) is 11.6 Å². The third-order valence-electron chi connectivity index (χ3n) is 4.18. The molecule has 1 atom stereocenters. The average molecular weight is 292 g/mol. The number of hydrogen-bond donors (Lipinski definition) is 2. The molecule has 4 rings (SSSR count). The van der Waals surface area contributed by atoms with Crippen molar-refractivity contribution in [3.63, 3.8) is 0 Å². The SMILES string of the molecule is Nc1cccc([C@H]2CNc3c4ccccc4nc(=O)n3C2)c1. The van der Waals surface area contributed by atoms with Crippen LogP contribution in [0.25, 0.3) is 10.9 Å². The van der Waals surface area contributed by atoms with Crippen molar-refractivity contribution in [1.82, 2.24) is 9.55 Å². The molecule has 5 nitrogen and oxygen atoms in total. The lowest BCUT2D eigenvalue weighted by Crippen LogP contribution is -2.35. The molecule has 110 valence electrons. The number of hydrogen-bond acceptors (Lipinski definition) is 4. The molecular weight excluding hydrogens is 276 g/mol. The monoisotopic (exact) mass is 292 g/mol. The molecule has 0 amide bonds. The molecule has 3 aromatic rings. The van der Waals surface area contributed by atoms with Gasteiger partial charge in [-0.25, -0.2) is 4.79 Å². The Hall–Kier alpha value is -2.82. The highest BCUT2D eigenvalue weighted by Crippen LogP contribution is 2.29. The lowest BCUT2D eigenvalue weighted by Gasteiger charge is -2.28. The number of rotatable bonds is 1. The van der Waals surface area contributed by atoms with Gasteiger partial charge in [0.1, 0.15) is 5.82 Å². The van der Waals surface area contributed by atoms with E-state index in [4.69, 9.17) is 5.73 Å². The van der Waals surface area contributed by atoms with Gasteiger partial charge in [-0.15, -0.1) is 0 Å². The minimum atomic E-state index is -0.213. The number of fused-ring (bicyclic) bond motifs is 3. The summed E-state index contributed by atoms with van der Waals surface area (Å²) in [5, 5.41) is 4.38. The normalized spacial score (nSPS) is 17.0. The molecule has 2 aromatic carbocycles. The van der Waals surface area contributed by atoms with Crippen LogP contribution in [-0.4, -0.2) is 16.1 Å². The number of aromatic nitrogens is 2. The van der Waals surface area contributed by atoms with E-state index < -0.39 is 0 Å². The summed E-state index contributed by atoms with van der Waals surface area (Å²) in [7, 11) is 0. The Labute approximate surface area is 127 Å². The molecule has 0 radical (unpaired) electrons. The van der Waals surface area contributed by atoms with E-state index in [1.165, 1.54) is 0 Å². The van der Waals surface area contributed by atoms with Crippen LogP contribution in [0.15, 0.2) is 53.3 Å². The molecular formula is C17H16N4O. The second-order valence-electron chi connectivity index (χ2n) is 5.62. The first-order valence-corrected chi connectivity index (χ1v) is 7.31. The van der Waals surface area contributed by atoms with E-state index >= 15 is 0 Å². The van der Waals surface area contributed by atoms with Crippen molar-refractivity contribution in [2.75, 3.05) is 17.6 Å². The zero-order valence-corrected chi connectivity index (χ0v) is 12.0. The van der Waals surface area contributed by atoms with E-state index in [1.54, 1.807) is 4.57 Å². The minimum absolute atomic E-state index is 0.205. The number of nitrogens with two attached hydrogens (primary N) is 1. The molecule has 0 bridgehead atoms. The number of nitrogens with zero attached hydrogens (tertiary/aromatic N) is 2. The van der Waals surface area contributed by atoms with E-state index in [0.717, 1.165) is 34.5 Å². The summed E-state index contributed by atoms with van der Waals surface area (Å²) in [5.74, 6) is 1.06. The van der Waals surface area contributed by atoms with Crippen LogP contribution in [0.5, 0.6) is 0 Å². The first-order valence-electron chi connectivity index (χ1n) is 7.31. The van der Waals surface area contributed by atoms with Crippen molar-refractivity contribution < 1.29 is 0 Å². The lowest BCUT2D eigenvalue weighted by atomic mass is 9.96. The standard InChI is InChI=1S/C17H16N4O/c18-13-5-3-4-11(8-13)12-9-19-16-14-6-1-2-7-15(14)20-17(22)21(16)10-12/h1-8,12,19H,9-10,18H2/t12-/m0/s1. The van der Waals surface area contributed by atoms with Gasteiger partial charge in [0.2, 0.25) is 0 Å². The molecule has 0 spiro atoms.